The van der Waals surface area contributed by atoms with Gasteiger partial charge in [-0.15, -0.1) is 0 Å². The second kappa shape index (κ2) is 7.08. The first-order valence-electron chi connectivity index (χ1n) is 8.44. The first-order chi connectivity index (χ1) is 10.3. The van der Waals surface area contributed by atoms with Crippen LogP contribution in [0, 0.1) is 0 Å². The lowest BCUT2D eigenvalue weighted by atomic mass is 9.84. The highest BCUT2D eigenvalue weighted by atomic mass is 16.1. The largest absolute Gasteiger partial charge is 0.348 e. The van der Waals surface area contributed by atoms with E-state index in [1.807, 2.05) is 12.1 Å². The third-order valence-electron chi connectivity index (χ3n) is 4.88. The molecule has 3 nitrogen and oxygen atoms in total. The van der Waals surface area contributed by atoms with E-state index < -0.39 is 0 Å². The Morgan fingerprint density at radius 1 is 1.00 bits per heavy atom. The molecular formula is C18H26N2O. The maximum Gasteiger partial charge on any atom is 0.251 e. The van der Waals surface area contributed by atoms with Crippen LogP contribution in [0.5, 0.6) is 0 Å². The molecule has 1 aromatic carbocycles. The molecule has 1 aliphatic heterocycles. The molecule has 1 saturated carbocycles. The molecule has 21 heavy (non-hydrogen) atoms. The molecule has 1 atom stereocenters. The zero-order valence-electron chi connectivity index (χ0n) is 12.7. The van der Waals surface area contributed by atoms with Crippen molar-refractivity contribution in [3.8, 4) is 0 Å². The molecule has 2 aliphatic rings. The fraction of sp³-hybridized carbons (Fsp3) is 0.611. The fourth-order valence-corrected chi connectivity index (χ4v) is 3.59. The lowest BCUT2D eigenvalue weighted by Gasteiger charge is -2.24. The minimum atomic E-state index is 0.0684. The van der Waals surface area contributed by atoms with Crippen molar-refractivity contribution in [2.24, 2.45) is 0 Å². The van der Waals surface area contributed by atoms with Crippen LogP contribution in [0.4, 0.5) is 0 Å². The number of carbonyl (C=O) groups is 1. The highest BCUT2D eigenvalue weighted by Crippen LogP contribution is 2.32. The number of nitrogens with one attached hydrogen (secondary N) is 2. The summed E-state index contributed by atoms with van der Waals surface area (Å²) < 4.78 is 0. The first kappa shape index (κ1) is 14.6. The molecule has 0 aromatic heterocycles. The zero-order chi connectivity index (χ0) is 14.5. The summed E-state index contributed by atoms with van der Waals surface area (Å²) in [5, 5.41) is 6.46. The summed E-state index contributed by atoms with van der Waals surface area (Å²) in [4.78, 5) is 12.3. The highest BCUT2D eigenvalue weighted by Gasteiger charge is 2.18. The molecule has 0 radical (unpaired) electrons. The SMILES string of the molecule is O=C(N[C@H]1CCCNC1)c1ccc(C2CCCCC2)cc1. The Hall–Kier alpha value is -1.35. The third-order valence-corrected chi connectivity index (χ3v) is 4.88. The molecular weight excluding hydrogens is 260 g/mol. The van der Waals surface area contributed by atoms with Crippen LogP contribution in [0.3, 0.4) is 0 Å². The van der Waals surface area contributed by atoms with Gasteiger partial charge in [0.05, 0.1) is 0 Å². The third kappa shape index (κ3) is 3.85. The Balaban J connectivity index is 1.58. The van der Waals surface area contributed by atoms with Crippen molar-refractivity contribution in [3.63, 3.8) is 0 Å². The van der Waals surface area contributed by atoms with E-state index in [0.717, 1.165) is 31.5 Å². The van der Waals surface area contributed by atoms with Crippen LogP contribution < -0.4 is 10.6 Å². The van der Waals surface area contributed by atoms with E-state index in [-0.39, 0.29) is 11.9 Å². The maximum atomic E-state index is 12.3. The van der Waals surface area contributed by atoms with Crippen molar-refractivity contribution in [1.29, 1.82) is 0 Å². The molecule has 2 fully saturated rings. The molecule has 1 aliphatic carbocycles. The van der Waals surface area contributed by atoms with Gasteiger partial charge in [-0.05, 0) is 55.8 Å². The highest BCUT2D eigenvalue weighted by molar-refractivity contribution is 5.94. The number of benzene rings is 1. The molecule has 3 rings (SSSR count). The van der Waals surface area contributed by atoms with Crippen molar-refractivity contribution < 1.29 is 4.79 Å². The van der Waals surface area contributed by atoms with E-state index in [1.165, 1.54) is 37.7 Å². The number of hydrogen-bond donors (Lipinski definition) is 2. The van der Waals surface area contributed by atoms with E-state index in [4.69, 9.17) is 0 Å². The average Bonchev–Trinajstić information content (AvgIpc) is 2.57. The lowest BCUT2D eigenvalue weighted by Crippen LogP contribution is -2.45. The molecule has 1 aromatic rings. The monoisotopic (exact) mass is 286 g/mol. The molecule has 0 bridgehead atoms. The molecule has 1 saturated heterocycles. The second-order valence-corrected chi connectivity index (χ2v) is 6.47. The van der Waals surface area contributed by atoms with Gasteiger partial charge < -0.3 is 10.6 Å². The zero-order valence-corrected chi connectivity index (χ0v) is 12.7. The maximum absolute atomic E-state index is 12.3. The fourth-order valence-electron chi connectivity index (χ4n) is 3.59. The molecule has 0 spiro atoms. The summed E-state index contributed by atoms with van der Waals surface area (Å²) in [5.74, 6) is 0.775. The molecule has 2 N–H and O–H groups in total. The van der Waals surface area contributed by atoms with Crippen LogP contribution in [0.25, 0.3) is 0 Å². The Morgan fingerprint density at radius 2 is 1.76 bits per heavy atom. The normalized spacial score (nSPS) is 23.7. The van der Waals surface area contributed by atoms with Crippen LogP contribution in [-0.2, 0) is 0 Å². The molecule has 1 amide bonds. The van der Waals surface area contributed by atoms with E-state index in [2.05, 4.69) is 22.8 Å². The standard InChI is InChI=1S/C18H26N2O/c21-18(20-17-7-4-12-19-13-17)16-10-8-15(9-11-16)14-5-2-1-3-6-14/h8-11,14,17,19H,1-7,12-13H2,(H,20,21)/t17-/m0/s1. The van der Waals surface area contributed by atoms with Crippen LogP contribution in [-0.4, -0.2) is 25.0 Å². The Bertz CT molecular complexity index is 457. The van der Waals surface area contributed by atoms with Gasteiger partial charge in [0.2, 0.25) is 0 Å². The summed E-state index contributed by atoms with van der Waals surface area (Å²) in [7, 11) is 0. The van der Waals surface area contributed by atoms with Crippen molar-refractivity contribution in [2.45, 2.75) is 56.9 Å². The Kier molecular flexibility index (Phi) is 4.91. The Labute approximate surface area is 127 Å². The van der Waals surface area contributed by atoms with Crippen LogP contribution in [0.2, 0.25) is 0 Å². The smallest absolute Gasteiger partial charge is 0.251 e. The van der Waals surface area contributed by atoms with E-state index in [9.17, 15) is 4.79 Å². The van der Waals surface area contributed by atoms with E-state index >= 15 is 0 Å². The summed E-state index contributed by atoms with van der Waals surface area (Å²) in [6.07, 6.45) is 8.92. The van der Waals surface area contributed by atoms with Gasteiger partial charge in [0, 0.05) is 18.2 Å². The quantitative estimate of drug-likeness (QED) is 0.896. The van der Waals surface area contributed by atoms with Crippen molar-refractivity contribution >= 4 is 5.91 Å². The minimum Gasteiger partial charge on any atom is -0.348 e. The van der Waals surface area contributed by atoms with Crippen molar-refractivity contribution in [1.82, 2.24) is 10.6 Å². The lowest BCUT2D eigenvalue weighted by molar-refractivity contribution is 0.0930. The number of piperidine rings is 1. The minimum absolute atomic E-state index is 0.0684. The van der Waals surface area contributed by atoms with Crippen molar-refractivity contribution in [3.05, 3.63) is 35.4 Å². The topological polar surface area (TPSA) is 41.1 Å². The predicted molar refractivity (Wildman–Crippen MR) is 85.6 cm³/mol. The van der Waals surface area contributed by atoms with Crippen molar-refractivity contribution in [2.75, 3.05) is 13.1 Å². The van der Waals surface area contributed by atoms with Crippen LogP contribution >= 0.6 is 0 Å². The van der Waals surface area contributed by atoms with Gasteiger partial charge in [0.15, 0.2) is 0 Å². The van der Waals surface area contributed by atoms with Gasteiger partial charge in [-0.2, -0.15) is 0 Å². The summed E-state index contributed by atoms with van der Waals surface area (Å²) in [6.45, 7) is 1.97. The van der Waals surface area contributed by atoms with Gasteiger partial charge in [-0.25, -0.2) is 0 Å². The predicted octanol–water partition coefficient (Wildman–Crippen LogP) is 3.22. The van der Waals surface area contributed by atoms with Gasteiger partial charge in [0.1, 0.15) is 0 Å². The molecule has 0 unspecified atom stereocenters. The summed E-state index contributed by atoms with van der Waals surface area (Å²) >= 11 is 0. The Morgan fingerprint density at radius 3 is 2.43 bits per heavy atom. The van der Waals surface area contributed by atoms with E-state index in [1.54, 1.807) is 0 Å². The van der Waals surface area contributed by atoms with Gasteiger partial charge in [0.25, 0.3) is 5.91 Å². The average molecular weight is 286 g/mol. The van der Waals surface area contributed by atoms with Gasteiger partial charge in [-0.3, -0.25) is 4.79 Å². The van der Waals surface area contributed by atoms with E-state index in [0.29, 0.717) is 5.92 Å². The molecule has 3 heteroatoms. The number of hydrogen-bond acceptors (Lipinski definition) is 2. The first-order valence-corrected chi connectivity index (χ1v) is 8.44. The molecule has 1 heterocycles. The van der Waals surface area contributed by atoms with Gasteiger partial charge >= 0.3 is 0 Å². The molecule has 114 valence electrons. The number of carbonyl (C=O) groups excluding carboxylic acids is 1. The van der Waals surface area contributed by atoms with Crippen LogP contribution in [0.1, 0.15) is 66.8 Å². The number of amides is 1. The summed E-state index contributed by atoms with van der Waals surface area (Å²) in [5.41, 5.74) is 2.20. The second-order valence-electron chi connectivity index (χ2n) is 6.47. The van der Waals surface area contributed by atoms with Gasteiger partial charge in [-0.1, -0.05) is 31.4 Å². The number of rotatable bonds is 3. The summed E-state index contributed by atoms with van der Waals surface area (Å²) in [6, 6.07) is 8.59. The van der Waals surface area contributed by atoms with Crippen LogP contribution in [0.15, 0.2) is 24.3 Å².